The number of allylic oxidation sites excluding steroid dienone is 2. The Bertz CT molecular complexity index is 639. The lowest BCUT2D eigenvalue weighted by Gasteiger charge is -2.28. The summed E-state index contributed by atoms with van der Waals surface area (Å²) >= 11 is 0. The van der Waals surface area contributed by atoms with Gasteiger partial charge < -0.3 is 0 Å². The summed E-state index contributed by atoms with van der Waals surface area (Å²) < 4.78 is 0. The average Bonchev–Trinajstić information content (AvgIpc) is 2.66. The van der Waals surface area contributed by atoms with E-state index in [0.717, 1.165) is 12.8 Å². The van der Waals surface area contributed by atoms with Crippen LogP contribution in [-0.2, 0) is 22.0 Å². The number of carbonyl (C=O) groups is 1. The molecule has 1 rings (SSSR count). The van der Waals surface area contributed by atoms with Crippen LogP contribution in [-0.4, -0.2) is 5.78 Å². The minimum Gasteiger partial charge on any atom is -0.299 e. The van der Waals surface area contributed by atoms with Crippen molar-refractivity contribution in [2.24, 2.45) is 11.3 Å². The number of rotatable bonds is 6. The van der Waals surface area contributed by atoms with E-state index in [0.29, 0.717) is 5.78 Å². The highest BCUT2D eigenvalue weighted by molar-refractivity contribution is 5.86. The van der Waals surface area contributed by atoms with Crippen molar-refractivity contribution in [2.45, 2.75) is 113 Å². The summed E-state index contributed by atoms with van der Waals surface area (Å²) in [6.07, 6.45) is 6.25. The van der Waals surface area contributed by atoms with Crippen LogP contribution in [0.2, 0.25) is 0 Å². The first-order valence-corrected chi connectivity index (χ1v) is 11.9. The molecule has 0 heterocycles. The van der Waals surface area contributed by atoms with Crippen molar-refractivity contribution in [3.05, 3.63) is 60.2 Å². The van der Waals surface area contributed by atoms with E-state index in [1.807, 2.05) is 0 Å². The molecule has 1 heteroatoms. The summed E-state index contributed by atoms with van der Waals surface area (Å²) in [7, 11) is 0. The van der Waals surface area contributed by atoms with Crippen molar-refractivity contribution < 1.29 is 4.79 Å². The molecule has 0 saturated heterocycles. The number of hydrogen-bond acceptors (Lipinski definition) is 1. The highest BCUT2D eigenvalue weighted by Gasteiger charge is 2.30. The smallest absolute Gasteiger partial charge is 0.141 e. The molecule has 0 aromatic heterocycles. The van der Waals surface area contributed by atoms with Gasteiger partial charge in [0, 0.05) is 11.3 Å². The molecule has 0 radical (unpaired) electrons. The Balaban J connectivity index is 0. The van der Waals surface area contributed by atoms with Crippen LogP contribution in [0.4, 0.5) is 0 Å². The van der Waals surface area contributed by atoms with Crippen LogP contribution < -0.4 is 0 Å². The quantitative estimate of drug-likeness (QED) is 0.412. The molecule has 0 saturated carbocycles. The lowest BCUT2D eigenvalue weighted by molar-refractivity contribution is -0.130. The van der Waals surface area contributed by atoms with Crippen LogP contribution in [0.15, 0.2) is 43.5 Å². The molecule has 178 valence electrons. The third kappa shape index (κ3) is 12.1. The molecule has 0 bridgehead atoms. The number of ketones is 1. The Kier molecular flexibility index (Phi) is 14.0. The fourth-order valence-electron chi connectivity index (χ4n) is 2.96. The van der Waals surface area contributed by atoms with Crippen molar-refractivity contribution >= 4 is 5.78 Å². The standard InChI is InChI=1S/C23H38O.C4H6.C3H8/c1-11-23(9,10)20(24)16(2)12-17-13-18(21(3,4)5)15-19(14-17)22(6,7)8;1-3-4-2;1-3-2/h13-16H,11-12H2,1-10H3;3-4H,1-2H2;3H2,1-2H3. The van der Waals surface area contributed by atoms with Crippen molar-refractivity contribution in [3.63, 3.8) is 0 Å². The minimum absolute atomic E-state index is 0.0583. The lowest BCUT2D eigenvalue weighted by atomic mass is 9.76. The van der Waals surface area contributed by atoms with Crippen LogP contribution in [0.25, 0.3) is 0 Å². The fourth-order valence-corrected chi connectivity index (χ4v) is 2.96. The fraction of sp³-hybridized carbons (Fsp3) is 0.633. The SMILES string of the molecule is C=CC=C.CCC.CCC(C)(C)C(=O)C(C)Cc1cc(C(C)(C)C)cc(C(C)(C)C)c1. The molecule has 0 aliphatic heterocycles. The first-order valence-electron chi connectivity index (χ1n) is 11.9. The zero-order valence-corrected chi connectivity index (χ0v) is 22.9. The van der Waals surface area contributed by atoms with Crippen molar-refractivity contribution in [3.8, 4) is 0 Å². The third-order valence-corrected chi connectivity index (χ3v) is 5.43. The summed E-state index contributed by atoms with van der Waals surface area (Å²) in [5, 5.41) is 0. The Morgan fingerprint density at radius 2 is 1.19 bits per heavy atom. The molecule has 0 spiro atoms. The van der Waals surface area contributed by atoms with Gasteiger partial charge in [-0.2, -0.15) is 0 Å². The summed E-state index contributed by atoms with van der Waals surface area (Å²) in [5.74, 6) is 0.437. The van der Waals surface area contributed by atoms with Gasteiger partial charge in [0.25, 0.3) is 0 Å². The summed E-state index contributed by atoms with van der Waals surface area (Å²) in [4.78, 5) is 12.8. The van der Waals surface area contributed by atoms with E-state index in [-0.39, 0.29) is 22.2 Å². The van der Waals surface area contributed by atoms with E-state index in [1.165, 1.54) is 23.1 Å². The van der Waals surface area contributed by atoms with Crippen molar-refractivity contribution in [2.75, 3.05) is 0 Å². The molecular weight excluding hydrogens is 376 g/mol. The highest BCUT2D eigenvalue weighted by Crippen LogP contribution is 2.32. The summed E-state index contributed by atoms with van der Waals surface area (Å²) in [5.41, 5.74) is 4.02. The highest BCUT2D eigenvalue weighted by atomic mass is 16.1. The Labute approximate surface area is 195 Å². The average molecular weight is 429 g/mol. The molecule has 1 unspecified atom stereocenters. The molecule has 0 N–H and O–H groups in total. The van der Waals surface area contributed by atoms with Crippen LogP contribution in [0.3, 0.4) is 0 Å². The van der Waals surface area contributed by atoms with Gasteiger partial charge in [0.2, 0.25) is 0 Å². The van der Waals surface area contributed by atoms with E-state index in [1.54, 1.807) is 12.2 Å². The predicted molar refractivity (Wildman–Crippen MR) is 142 cm³/mol. The van der Waals surface area contributed by atoms with Crippen molar-refractivity contribution in [1.82, 2.24) is 0 Å². The molecule has 1 atom stereocenters. The van der Waals surface area contributed by atoms with Gasteiger partial charge in [-0.1, -0.05) is 133 Å². The topological polar surface area (TPSA) is 17.1 Å². The van der Waals surface area contributed by atoms with Gasteiger partial charge in [0.05, 0.1) is 0 Å². The molecule has 1 aromatic rings. The van der Waals surface area contributed by atoms with E-state index >= 15 is 0 Å². The maximum atomic E-state index is 12.8. The molecule has 0 fully saturated rings. The maximum absolute atomic E-state index is 12.8. The monoisotopic (exact) mass is 428 g/mol. The number of carbonyl (C=O) groups excluding carboxylic acids is 1. The first-order chi connectivity index (χ1) is 14.0. The Hall–Kier alpha value is -1.63. The van der Waals surface area contributed by atoms with Crippen LogP contribution in [0.1, 0.15) is 113 Å². The van der Waals surface area contributed by atoms with Gasteiger partial charge in [-0.25, -0.2) is 0 Å². The first kappa shape index (κ1) is 31.6. The zero-order valence-electron chi connectivity index (χ0n) is 22.9. The van der Waals surface area contributed by atoms with Gasteiger partial charge in [0.1, 0.15) is 5.78 Å². The van der Waals surface area contributed by atoms with Gasteiger partial charge in [0.15, 0.2) is 0 Å². The van der Waals surface area contributed by atoms with Crippen LogP contribution in [0.5, 0.6) is 0 Å². The van der Waals surface area contributed by atoms with Gasteiger partial charge in [-0.15, -0.1) is 0 Å². The maximum Gasteiger partial charge on any atom is 0.141 e. The van der Waals surface area contributed by atoms with E-state index < -0.39 is 0 Å². The molecule has 0 aliphatic carbocycles. The number of benzene rings is 1. The number of hydrogen-bond donors (Lipinski definition) is 0. The summed E-state index contributed by atoms with van der Waals surface area (Å²) in [6, 6.07) is 6.95. The molecule has 0 aliphatic rings. The largest absolute Gasteiger partial charge is 0.299 e. The van der Waals surface area contributed by atoms with E-state index in [9.17, 15) is 4.79 Å². The molecule has 0 amide bonds. The lowest BCUT2D eigenvalue weighted by Crippen LogP contribution is -2.30. The molecule has 31 heavy (non-hydrogen) atoms. The number of Topliss-reactive ketones (excluding diaryl/α,β-unsaturated/α-hetero) is 1. The van der Waals surface area contributed by atoms with E-state index in [2.05, 4.69) is 114 Å². The molecule has 1 aromatic carbocycles. The van der Waals surface area contributed by atoms with Gasteiger partial charge in [-0.05, 0) is 40.4 Å². The van der Waals surface area contributed by atoms with Crippen LogP contribution >= 0.6 is 0 Å². The molecule has 1 nitrogen and oxygen atoms in total. The Morgan fingerprint density at radius 3 is 1.45 bits per heavy atom. The normalized spacial score (nSPS) is 12.5. The second kappa shape index (κ2) is 13.7. The predicted octanol–water partition coefficient (Wildman–Crippen LogP) is 9.24. The van der Waals surface area contributed by atoms with Crippen molar-refractivity contribution in [1.29, 1.82) is 0 Å². The van der Waals surface area contributed by atoms with Gasteiger partial charge >= 0.3 is 0 Å². The van der Waals surface area contributed by atoms with E-state index in [4.69, 9.17) is 0 Å². The second-order valence-electron chi connectivity index (χ2n) is 11.3. The molecular formula is C30H52O. The third-order valence-electron chi connectivity index (χ3n) is 5.43. The summed E-state index contributed by atoms with van der Waals surface area (Å²) in [6.45, 7) is 32.8. The Morgan fingerprint density at radius 1 is 0.839 bits per heavy atom. The van der Waals surface area contributed by atoms with Crippen LogP contribution in [0, 0.1) is 11.3 Å². The minimum atomic E-state index is -0.228. The zero-order chi connectivity index (χ0) is 25.0. The van der Waals surface area contributed by atoms with Gasteiger partial charge in [-0.3, -0.25) is 4.79 Å². The second-order valence-corrected chi connectivity index (χ2v) is 11.3.